The lowest BCUT2D eigenvalue weighted by Crippen LogP contribution is -2.47. The Kier molecular flexibility index (Phi) is 67.7. The van der Waals surface area contributed by atoms with Crippen molar-refractivity contribution in [3.8, 4) is 0 Å². The first-order chi connectivity index (χ1) is 43.4. The molecule has 0 aliphatic carbocycles. The van der Waals surface area contributed by atoms with E-state index in [-0.39, 0.29) is 25.1 Å². The van der Waals surface area contributed by atoms with E-state index in [2.05, 4.69) is 56.5 Å². The van der Waals surface area contributed by atoms with E-state index in [9.17, 15) is 19.0 Å². The van der Waals surface area contributed by atoms with Gasteiger partial charge in [0.15, 0.2) is 0 Å². The summed E-state index contributed by atoms with van der Waals surface area (Å²) in [6.45, 7) is 7.07. The molecule has 89 heavy (non-hydrogen) atoms. The van der Waals surface area contributed by atoms with Crippen LogP contribution in [0.3, 0.4) is 0 Å². The average Bonchev–Trinajstić information content (AvgIpc) is 3.71. The fourth-order valence-electron chi connectivity index (χ4n) is 12.0. The minimum atomic E-state index is -4.45. The van der Waals surface area contributed by atoms with E-state index in [1.807, 2.05) is 27.2 Å². The van der Waals surface area contributed by atoms with Gasteiger partial charge in [-0.15, -0.1) is 0 Å². The van der Waals surface area contributed by atoms with Crippen molar-refractivity contribution in [1.29, 1.82) is 0 Å². The highest BCUT2D eigenvalue weighted by atomic mass is 31.2. The number of phosphoric acid groups is 1. The summed E-state index contributed by atoms with van der Waals surface area (Å²) in [5.74, 6) is -0.481. The Hall–Kier alpha value is -1.77. The maximum absolute atomic E-state index is 13.6. The molecule has 0 bridgehead atoms. The van der Waals surface area contributed by atoms with Crippen molar-refractivity contribution in [1.82, 2.24) is 5.32 Å². The third-order valence-corrected chi connectivity index (χ3v) is 19.0. The summed E-state index contributed by atoms with van der Waals surface area (Å²) in [6.07, 6.45) is 87.6. The first kappa shape index (κ1) is 87.2. The maximum atomic E-state index is 13.6. The van der Waals surface area contributed by atoms with E-state index in [4.69, 9.17) is 13.8 Å². The van der Waals surface area contributed by atoms with Gasteiger partial charge in [0.05, 0.1) is 33.8 Å². The van der Waals surface area contributed by atoms with Crippen LogP contribution in [0.2, 0.25) is 0 Å². The predicted molar refractivity (Wildman–Crippen MR) is 388 cm³/mol. The van der Waals surface area contributed by atoms with Gasteiger partial charge in [0.2, 0.25) is 5.91 Å². The number of carbonyl (C=O) groups is 2. The Morgan fingerprint density at radius 1 is 0.382 bits per heavy atom. The number of quaternary nitrogens is 1. The highest BCUT2D eigenvalue weighted by Crippen LogP contribution is 2.43. The van der Waals surface area contributed by atoms with Crippen LogP contribution >= 0.6 is 7.82 Å². The summed E-state index contributed by atoms with van der Waals surface area (Å²) in [5.41, 5.74) is 0. The second kappa shape index (κ2) is 69.1. The van der Waals surface area contributed by atoms with E-state index in [1.54, 1.807) is 0 Å². The quantitative estimate of drug-likeness (QED) is 0.0205. The minimum absolute atomic E-state index is 0.0437. The molecule has 0 heterocycles. The van der Waals surface area contributed by atoms with Crippen molar-refractivity contribution in [2.24, 2.45) is 0 Å². The van der Waals surface area contributed by atoms with E-state index in [1.165, 1.54) is 315 Å². The van der Waals surface area contributed by atoms with Gasteiger partial charge in [-0.1, -0.05) is 347 Å². The molecule has 0 saturated heterocycles. The van der Waals surface area contributed by atoms with Crippen LogP contribution in [0.15, 0.2) is 36.5 Å². The standard InChI is InChI=1S/C79H153N2O7P/c1-7-10-13-16-19-22-25-27-29-31-33-35-37-39-40-42-44-46-48-50-52-54-57-60-63-66-69-72-79(83)88-77(70-67-64-61-58-55-24-21-18-15-12-9-3)76(75-87-89(84,85)86-74-73-81(4,5)6)80-78(82)71-68-65-62-59-56-53-51-49-47-45-43-41-38-36-34-32-30-28-26-23-20-17-14-11-8-2/h27-30,67,70,76-77H,7-26,31-66,68-69,71-75H2,1-6H3,(H-,80,82,84,85)/p+1/b29-27+,30-28+,70-67+. The maximum Gasteiger partial charge on any atom is 0.472 e. The minimum Gasteiger partial charge on any atom is -0.456 e. The highest BCUT2D eigenvalue weighted by Gasteiger charge is 2.30. The third kappa shape index (κ3) is 70.4. The monoisotopic (exact) mass is 1270 g/mol. The lowest BCUT2D eigenvalue weighted by atomic mass is 10.0. The molecule has 0 aliphatic rings. The molecule has 0 aliphatic heterocycles. The van der Waals surface area contributed by atoms with Crippen LogP contribution in [0.25, 0.3) is 0 Å². The zero-order valence-corrected chi connectivity index (χ0v) is 61.4. The molecule has 0 aromatic carbocycles. The van der Waals surface area contributed by atoms with Crippen LogP contribution in [0.4, 0.5) is 0 Å². The van der Waals surface area contributed by atoms with Gasteiger partial charge in [-0.2, -0.15) is 0 Å². The largest absolute Gasteiger partial charge is 0.472 e. The van der Waals surface area contributed by atoms with Crippen molar-refractivity contribution in [3.05, 3.63) is 36.5 Å². The van der Waals surface area contributed by atoms with Gasteiger partial charge >= 0.3 is 13.8 Å². The van der Waals surface area contributed by atoms with Crippen molar-refractivity contribution >= 4 is 19.7 Å². The number of hydrogen-bond donors (Lipinski definition) is 2. The zero-order chi connectivity index (χ0) is 64.9. The number of ether oxygens (including phenoxy) is 1. The number of nitrogens with one attached hydrogen (secondary N) is 1. The van der Waals surface area contributed by atoms with Gasteiger partial charge in [-0.3, -0.25) is 18.6 Å². The summed E-state index contributed by atoms with van der Waals surface area (Å²) in [6, 6.07) is -0.845. The van der Waals surface area contributed by atoms with Crippen molar-refractivity contribution in [2.45, 2.75) is 418 Å². The summed E-state index contributed by atoms with van der Waals surface area (Å²) in [5, 5.41) is 3.08. The Morgan fingerprint density at radius 3 is 0.955 bits per heavy atom. The second-order valence-electron chi connectivity index (χ2n) is 28.2. The lowest BCUT2D eigenvalue weighted by Gasteiger charge is -2.27. The molecule has 0 radical (unpaired) electrons. The summed E-state index contributed by atoms with van der Waals surface area (Å²) in [4.78, 5) is 38.0. The van der Waals surface area contributed by atoms with Crippen LogP contribution in [-0.2, 0) is 27.9 Å². The molecule has 0 saturated carbocycles. The van der Waals surface area contributed by atoms with E-state index in [0.717, 1.165) is 57.8 Å². The Balaban J connectivity index is 4.86. The summed E-state index contributed by atoms with van der Waals surface area (Å²) in [7, 11) is 1.52. The van der Waals surface area contributed by atoms with Crippen LogP contribution < -0.4 is 5.32 Å². The smallest absolute Gasteiger partial charge is 0.456 e. The molecule has 3 unspecified atom stereocenters. The van der Waals surface area contributed by atoms with Gasteiger partial charge < -0.3 is 19.4 Å². The van der Waals surface area contributed by atoms with Crippen molar-refractivity contribution < 1.29 is 37.3 Å². The van der Waals surface area contributed by atoms with Gasteiger partial charge in [0.1, 0.15) is 19.3 Å². The van der Waals surface area contributed by atoms with Gasteiger partial charge in [0.25, 0.3) is 0 Å². The SMILES string of the molecule is CCCCCCCC/C=C/CCCCCCCCCCCCCCCCCCCC(=O)OC(/C=C/CCCCCCCCCCC)C(COP(=O)(O)OCC[N+](C)(C)C)NC(=O)CCCCCCCCCCCCCCCCC/C=C/CCCCCCCC. The molecule has 9 nitrogen and oxygen atoms in total. The van der Waals surface area contributed by atoms with Crippen molar-refractivity contribution in [3.63, 3.8) is 0 Å². The second-order valence-corrected chi connectivity index (χ2v) is 29.7. The summed E-state index contributed by atoms with van der Waals surface area (Å²) >= 11 is 0. The number of likely N-dealkylation sites (N-methyl/N-ethyl adjacent to an activating group) is 1. The average molecular weight is 1280 g/mol. The Morgan fingerprint density at radius 2 is 0.652 bits per heavy atom. The highest BCUT2D eigenvalue weighted by molar-refractivity contribution is 7.47. The molecule has 10 heteroatoms. The molecule has 526 valence electrons. The fourth-order valence-corrected chi connectivity index (χ4v) is 12.7. The zero-order valence-electron chi connectivity index (χ0n) is 60.5. The molecule has 3 atom stereocenters. The Labute approximate surface area is 555 Å². The number of esters is 1. The summed E-state index contributed by atoms with van der Waals surface area (Å²) < 4.78 is 30.9. The third-order valence-electron chi connectivity index (χ3n) is 18.1. The number of allylic oxidation sites excluding steroid dienone is 5. The number of hydrogen-bond acceptors (Lipinski definition) is 6. The number of phosphoric ester groups is 1. The van der Waals surface area contributed by atoms with Crippen LogP contribution in [0, 0.1) is 0 Å². The van der Waals surface area contributed by atoms with Crippen LogP contribution in [0.5, 0.6) is 0 Å². The van der Waals surface area contributed by atoms with E-state index in [0.29, 0.717) is 23.9 Å². The number of rotatable bonds is 73. The van der Waals surface area contributed by atoms with Crippen LogP contribution in [0.1, 0.15) is 406 Å². The number of amides is 1. The fraction of sp³-hybridized carbons (Fsp3) is 0.899. The molecule has 0 spiro atoms. The number of nitrogens with zero attached hydrogens (tertiary/aromatic N) is 1. The molecular formula is C79H154N2O7P+. The molecule has 0 fully saturated rings. The Bertz CT molecular complexity index is 1610. The van der Waals surface area contributed by atoms with Gasteiger partial charge in [-0.05, 0) is 83.1 Å². The lowest BCUT2D eigenvalue weighted by molar-refractivity contribution is -0.870. The number of unbranched alkanes of at least 4 members (excludes halogenated alkanes) is 53. The van der Waals surface area contributed by atoms with E-state index >= 15 is 0 Å². The van der Waals surface area contributed by atoms with Gasteiger partial charge in [-0.25, -0.2) is 4.57 Å². The molecule has 0 rings (SSSR count). The first-order valence-corrected chi connectivity index (χ1v) is 40.8. The van der Waals surface area contributed by atoms with E-state index < -0.39 is 20.0 Å². The van der Waals surface area contributed by atoms with Crippen molar-refractivity contribution in [2.75, 3.05) is 40.9 Å². The molecule has 1 amide bonds. The topological polar surface area (TPSA) is 111 Å². The number of carbonyl (C=O) groups excluding carboxylic acids is 2. The van der Waals surface area contributed by atoms with Crippen LogP contribution in [-0.4, -0.2) is 74.3 Å². The predicted octanol–water partition coefficient (Wildman–Crippen LogP) is 25.4. The van der Waals surface area contributed by atoms with Gasteiger partial charge in [0, 0.05) is 12.8 Å². The molecular weight excluding hydrogens is 1120 g/mol. The normalized spacial score (nSPS) is 13.6. The molecule has 2 N–H and O–H groups in total. The molecule has 0 aromatic heterocycles. The molecule has 0 aromatic rings. The first-order valence-electron chi connectivity index (χ1n) is 39.3.